The Hall–Kier alpha value is -2.87. The van der Waals surface area contributed by atoms with Gasteiger partial charge in [0.1, 0.15) is 11.5 Å². The molecule has 0 radical (unpaired) electrons. The molecule has 0 atom stereocenters. The standard InChI is InChI=1S/C20H17ClN2O4S/c21-16-4-2-6-19(12-16)27-18-9-7-15(8-10-18)20(24)23-17-5-1-3-14(11-17)13-28(22,25)26/h1-12H,13H2,(H,23,24)(H2,22,25,26). The van der Waals surface area contributed by atoms with Crippen LogP contribution in [0.5, 0.6) is 11.5 Å². The maximum atomic E-state index is 12.4. The lowest BCUT2D eigenvalue weighted by atomic mass is 10.2. The fourth-order valence-electron chi connectivity index (χ4n) is 2.52. The number of carbonyl (C=O) groups is 1. The van der Waals surface area contributed by atoms with E-state index in [-0.39, 0.29) is 11.7 Å². The van der Waals surface area contributed by atoms with E-state index in [4.69, 9.17) is 21.5 Å². The number of halogens is 1. The van der Waals surface area contributed by atoms with Crippen LogP contribution in [-0.2, 0) is 15.8 Å². The third kappa shape index (κ3) is 5.82. The molecular formula is C20H17ClN2O4S. The van der Waals surface area contributed by atoms with Crippen LogP contribution in [0, 0.1) is 0 Å². The van der Waals surface area contributed by atoms with Crippen LogP contribution in [0.1, 0.15) is 15.9 Å². The summed E-state index contributed by atoms with van der Waals surface area (Å²) in [6.45, 7) is 0. The van der Waals surface area contributed by atoms with Crippen LogP contribution in [-0.4, -0.2) is 14.3 Å². The lowest BCUT2D eigenvalue weighted by Gasteiger charge is -2.09. The molecule has 3 rings (SSSR count). The first-order valence-corrected chi connectivity index (χ1v) is 10.3. The molecule has 0 saturated heterocycles. The summed E-state index contributed by atoms with van der Waals surface area (Å²) >= 11 is 5.93. The number of carbonyl (C=O) groups excluding carboxylic acids is 1. The van der Waals surface area contributed by atoms with E-state index >= 15 is 0 Å². The number of anilines is 1. The number of rotatable bonds is 6. The first-order chi connectivity index (χ1) is 13.3. The summed E-state index contributed by atoms with van der Waals surface area (Å²) in [5.41, 5.74) is 1.39. The average molecular weight is 417 g/mol. The molecule has 8 heteroatoms. The smallest absolute Gasteiger partial charge is 0.255 e. The van der Waals surface area contributed by atoms with Crippen molar-refractivity contribution < 1.29 is 17.9 Å². The van der Waals surface area contributed by atoms with Gasteiger partial charge in [0.05, 0.1) is 5.75 Å². The van der Waals surface area contributed by atoms with Crippen molar-refractivity contribution in [3.8, 4) is 11.5 Å². The Kier molecular flexibility index (Phi) is 5.99. The Morgan fingerprint density at radius 3 is 2.36 bits per heavy atom. The summed E-state index contributed by atoms with van der Waals surface area (Å²) in [5, 5.41) is 8.35. The topological polar surface area (TPSA) is 98.5 Å². The van der Waals surface area contributed by atoms with E-state index in [0.29, 0.717) is 33.3 Å². The quantitative estimate of drug-likeness (QED) is 0.629. The Morgan fingerprint density at radius 2 is 1.68 bits per heavy atom. The van der Waals surface area contributed by atoms with Gasteiger partial charge in [-0.15, -0.1) is 0 Å². The zero-order valence-corrected chi connectivity index (χ0v) is 16.2. The van der Waals surface area contributed by atoms with Gasteiger partial charge in [-0.25, -0.2) is 13.6 Å². The second kappa shape index (κ2) is 8.43. The molecule has 3 aromatic carbocycles. The number of nitrogens with one attached hydrogen (secondary N) is 1. The Balaban J connectivity index is 1.67. The number of primary sulfonamides is 1. The van der Waals surface area contributed by atoms with E-state index in [2.05, 4.69) is 5.32 Å². The second-order valence-electron chi connectivity index (χ2n) is 6.05. The third-order valence-electron chi connectivity index (χ3n) is 3.70. The molecule has 0 aromatic heterocycles. The van der Waals surface area contributed by atoms with Gasteiger partial charge >= 0.3 is 0 Å². The molecule has 0 aliphatic rings. The van der Waals surface area contributed by atoms with Crippen LogP contribution in [0.2, 0.25) is 5.02 Å². The predicted molar refractivity (Wildman–Crippen MR) is 109 cm³/mol. The summed E-state index contributed by atoms with van der Waals surface area (Å²) in [5.74, 6) is 0.527. The maximum absolute atomic E-state index is 12.4. The molecule has 144 valence electrons. The lowest BCUT2D eigenvalue weighted by Crippen LogP contribution is -2.15. The first-order valence-electron chi connectivity index (χ1n) is 8.23. The number of hydrogen-bond acceptors (Lipinski definition) is 4. The molecular weight excluding hydrogens is 400 g/mol. The van der Waals surface area contributed by atoms with Crippen LogP contribution in [0.3, 0.4) is 0 Å². The number of benzene rings is 3. The maximum Gasteiger partial charge on any atom is 0.255 e. The van der Waals surface area contributed by atoms with Crippen molar-refractivity contribution in [1.29, 1.82) is 0 Å². The molecule has 0 saturated carbocycles. The van der Waals surface area contributed by atoms with E-state index < -0.39 is 10.0 Å². The van der Waals surface area contributed by atoms with Gasteiger partial charge in [-0.1, -0.05) is 29.8 Å². The van der Waals surface area contributed by atoms with E-state index in [9.17, 15) is 13.2 Å². The zero-order chi connectivity index (χ0) is 20.1. The minimum Gasteiger partial charge on any atom is -0.457 e. The highest BCUT2D eigenvalue weighted by atomic mass is 35.5. The molecule has 0 aliphatic carbocycles. The van der Waals surface area contributed by atoms with Gasteiger partial charge < -0.3 is 10.1 Å². The predicted octanol–water partition coefficient (Wildman–Crippen LogP) is 4.17. The van der Waals surface area contributed by atoms with E-state index in [0.717, 1.165) is 0 Å². The molecule has 0 fully saturated rings. The van der Waals surface area contributed by atoms with Gasteiger partial charge in [0.2, 0.25) is 10.0 Å². The molecule has 3 aromatic rings. The average Bonchev–Trinajstić information content (AvgIpc) is 2.61. The molecule has 0 spiro atoms. The monoisotopic (exact) mass is 416 g/mol. The van der Waals surface area contributed by atoms with Gasteiger partial charge in [-0.05, 0) is 60.2 Å². The van der Waals surface area contributed by atoms with Crippen molar-refractivity contribution in [3.63, 3.8) is 0 Å². The number of ether oxygens (including phenoxy) is 1. The van der Waals surface area contributed by atoms with Crippen molar-refractivity contribution >= 4 is 33.2 Å². The van der Waals surface area contributed by atoms with Crippen molar-refractivity contribution in [1.82, 2.24) is 0 Å². The Morgan fingerprint density at radius 1 is 0.964 bits per heavy atom. The molecule has 28 heavy (non-hydrogen) atoms. The van der Waals surface area contributed by atoms with Crippen LogP contribution in [0.25, 0.3) is 0 Å². The highest BCUT2D eigenvalue weighted by molar-refractivity contribution is 7.88. The van der Waals surface area contributed by atoms with Crippen molar-refractivity contribution in [3.05, 3.63) is 88.9 Å². The fraction of sp³-hybridized carbons (Fsp3) is 0.0500. The van der Waals surface area contributed by atoms with Crippen molar-refractivity contribution in [2.24, 2.45) is 5.14 Å². The highest BCUT2D eigenvalue weighted by Crippen LogP contribution is 2.24. The van der Waals surface area contributed by atoms with Crippen LogP contribution in [0.15, 0.2) is 72.8 Å². The molecule has 1 amide bonds. The molecule has 0 bridgehead atoms. The summed E-state index contributed by atoms with van der Waals surface area (Å²) in [6, 6.07) is 20.1. The first kappa shape index (κ1) is 19.9. The largest absolute Gasteiger partial charge is 0.457 e. The van der Waals surface area contributed by atoms with Crippen molar-refractivity contribution in [2.45, 2.75) is 5.75 Å². The number of nitrogens with two attached hydrogens (primary N) is 1. The summed E-state index contributed by atoms with van der Waals surface area (Å²) in [4.78, 5) is 12.4. The van der Waals surface area contributed by atoms with E-state index in [1.54, 1.807) is 72.8 Å². The normalized spacial score (nSPS) is 11.1. The van der Waals surface area contributed by atoms with Crippen molar-refractivity contribution in [2.75, 3.05) is 5.32 Å². The fourth-order valence-corrected chi connectivity index (χ4v) is 3.34. The van der Waals surface area contributed by atoms with Gasteiger partial charge in [0, 0.05) is 16.3 Å². The second-order valence-corrected chi connectivity index (χ2v) is 8.10. The highest BCUT2D eigenvalue weighted by Gasteiger charge is 2.09. The minimum absolute atomic E-state index is 0.299. The SMILES string of the molecule is NS(=O)(=O)Cc1cccc(NC(=O)c2ccc(Oc3cccc(Cl)c3)cc2)c1. The van der Waals surface area contributed by atoms with Crippen LogP contribution < -0.4 is 15.2 Å². The Bertz CT molecular complexity index is 1100. The minimum atomic E-state index is -3.64. The molecule has 6 nitrogen and oxygen atoms in total. The summed E-state index contributed by atoms with van der Waals surface area (Å²) < 4.78 is 28.1. The summed E-state index contributed by atoms with van der Waals surface area (Å²) in [7, 11) is -3.64. The molecule has 0 unspecified atom stereocenters. The van der Waals surface area contributed by atoms with Gasteiger partial charge in [-0.2, -0.15) is 0 Å². The van der Waals surface area contributed by atoms with Gasteiger partial charge in [0.25, 0.3) is 5.91 Å². The third-order valence-corrected chi connectivity index (χ3v) is 4.67. The number of hydrogen-bond donors (Lipinski definition) is 2. The lowest BCUT2D eigenvalue weighted by molar-refractivity contribution is 0.102. The van der Waals surface area contributed by atoms with Gasteiger partial charge in [0.15, 0.2) is 0 Å². The Labute approximate surface area is 168 Å². The van der Waals surface area contributed by atoms with E-state index in [1.165, 1.54) is 0 Å². The van der Waals surface area contributed by atoms with Crippen LogP contribution >= 0.6 is 11.6 Å². The van der Waals surface area contributed by atoms with Gasteiger partial charge in [-0.3, -0.25) is 4.79 Å². The molecule has 3 N–H and O–H groups in total. The van der Waals surface area contributed by atoms with E-state index in [1.807, 2.05) is 0 Å². The number of sulfonamides is 1. The number of amides is 1. The zero-order valence-electron chi connectivity index (χ0n) is 14.6. The molecule has 0 heterocycles. The molecule has 0 aliphatic heterocycles. The van der Waals surface area contributed by atoms with Crippen LogP contribution in [0.4, 0.5) is 5.69 Å². The summed E-state index contributed by atoms with van der Waals surface area (Å²) in [6.07, 6.45) is 0.